The zero-order valence-electron chi connectivity index (χ0n) is 14.0. The predicted octanol–water partition coefficient (Wildman–Crippen LogP) is 2.89. The Balaban J connectivity index is 1.64. The van der Waals surface area contributed by atoms with Crippen molar-refractivity contribution in [1.29, 1.82) is 0 Å². The summed E-state index contributed by atoms with van der Waals surface area (Å²) in [5.74, 6) is 0.334. The summed E-state index contributed by atoms with van der Waals surface area (Å²) < 4.78 is 10.9. The Morgan fingerprint density at radius 3 is 2.65 bits per heavy atom. The molecule has 132 valence electrons. The highest BCUT2D eigenvalue weighted by molar-refractivity contribution is 5.95. The Kier molecular flexibility index (Phi) is 5.34. The van der Waals surface area contributed by atoms with Crippen LogP contribution in [0.3, 0.4) is 0 Å². The minimum atomic E-state index is -0.549. The third kappa shape index (κ3) is 4.30. The molecule has 6 nitrogen and oxygen atoms in total. The molecule has 0 saturated carbocycles. The van der Waals surface area contributed by atoms with E-state index in [-0.39, 0.29) is 12.5 Å². The van der Waals surface area contributed by atoms with Crippen LogP contribution in [0.5, 0.6) is 5.75 Å². The quantitative estimate of drug-likeness (QED) is 0.685. The van der Waals surface area contributed by atoms with Gasteiger partial charge in [-0.05, 0) is 42.0 Å². The lowest BCUT2D eigenvalue weighted by Crippen LogP contribution is -2.22. The maximum Gasteiger partial charge on any atom is 0.252 e. The number of hydrogen-bond donors (Lipinski definition) is 2. The summed E-state index contributed by atoms with van der Waals surface area (Å²) in [6.45, 7) is 0.530. The van der Waals surface area contributed by atoms with Crippen LogP contribution in [0.1, 0.15) is 32.0 Å². The van der Waals surface area contributed by atoms with Gasteiger partial charge >= 0.3 is 0 Å². The standard InChI is InChI=1S/C20H18N2O4/c21-19(23)17-8-1-2-9-18(17)26-13-14-5-3-6-15(11-14)20(24)22-12-16-7-4-10-25-16/h1-11H,12-13H2,(H2,21,23)(H,22,24). The van der Waals surface area contributed by atoms with Gasteiger partial charge in [0.15, 0.2) is 0 Å². The van der Waals surface area contributed by atoms with Crippen LogP contribution in [0.25, 0.3) is 0 Å². The number of benzene rings is 2. The molecule has 0 spiro atoms. The number of hydrogen-bond acceptors (Lipinski definition) is 4. The number of nitrogens with one attached hydrogen (secondary N) is 1. The minimum Gasteiger partial charge on any atom is -0.488 e. The van der Waals surface area contributed by atoms with Crippen molar-refractivity contribution in [2.24, 2.45) is 5.73 Å². The lowest BCUT2D eigenvalue weighted by molar-refractivity contribution is 0.0946. The van der Waals surface area contributed by atoms with Gasteiger partial charge in [0.05, 0.1) is 18.4 Å². The van der Waals surface area contributed by atoms with Gasteiger partial charge in [-0.15, -0.1) is 0 Å². The number of carbonyl (C=O) groups excluding carboxylic acids is 2. The fourth-order valence-electron chi connectivity index (χ4n) is 2.44. The van der Waals surface area contributed by atoms with E-state index in [1.54, 1.807) is 60.9 Å². The molecule has 0 aliphatic rings. The number of para-hydroxylation sites is 1. The third-order valence-electron chi connectivity index (χ3n) is 3.74. The lowest BCUT2D eigenvalue weighted by Gasteiger charge is -2.10. The first-order valence-corrected chi connectivity index (χ1v) is 8.04. The third-order valence-corrected chi connectivity index (χ3v) is 3.74. The molecule has 0 atom stereocenters. The monoisotopic (exact) mass is 350 g/mol. The second-order valence-electron chi connectivity index (χ2n) is 5.61. The highest BCUT2D eigenvalue weighted by Gasteiger charge is 2.10. The summed E-state index contributed by atoms with van der Waals surface area (Å²) in [5.41, 5.74) is 6.98. The summed E-state index contributed by atoms with van der Waals surface area (Å²) in [6.07, 6.45) is 1.56. The first-order valence-electron chi connectivity index (χ1n) is 8.04. The van der Waals surface area contributed by atoms with Crippen LogP contribution < -0.4 is 15.8 Å². The van der Waals surface area contributed by atoms with Crippen molar-refractivity contribution in [2.75, 3.05) is 0 Å². The molecule has 2 aromatic carbocycles. The topological polar surface area (TPSA) is 94.6 Å². The number of ether oxygens (including phenoxy) is 1. The van der Waals surface area contributed by atoms with Gasteiger partial charge in [0.25, 0.3) is 11.8 Å². The van der Waals surface area contributed by atoms with Gasteiger partial charge in [0, 0.05) is 5.56 Å². The molecule has 6 heteroatoms. The summed E-state index contributed by atoms with van der Waals surface area (Å²) in [6, 6.07) is 17.4. The van der Waals surface area contributed by atoms with E-state index in [0.29, 0.717) is 29.2 Å². The van der Waals surface area contributed by atoms with Crippen LogP contribution in [0.4, 0.5) is 0 Å². The molecule has 3 N–H and O–H groups in total. The van der Waals surface area contributed by atoms with Crippen molar-refractivity contribution in [1.82, 2.24) is 5.32 Å². The fraction of sp³-hybridized carbons (Fsp3) is 0.100. The lowest BCUT2D eigenvalue weighted by atomic mass is 10.1. The van der Waals surface area contributed by atoms with E-state index in [0.717, 1.165) is 5.56 Å². The highest BCUT2D eigenvalue weighted by Crippen LogP contribution is 2.19. The van der Waals surface area contributed by atoms with Crippen molar-refractivity contribution in [3.8, 4) is 5.75 Å². The molecule has 0 aliphatic heterocycles. The van der Waals surface area contributed by atoms with Crippen LogP contribution in [0.2, 0.25) is 0 Å². The Bertz CT molecular complexity index is 904. The van der Waals surface area contributed by atoms with Gasteiger partial charge in [0.1, 0.15) is 18.1 Å². The van der Waals surface area contributed by atoms with Crippen LogP contribution >= 0.6 is 0 Å². The van der Waals surface area contributed by atoms with Crippen LogP contribution in [0.15, 0.2) is 71.3 Å². The van der Waals surface area contributed by atoms with E-state index >= 15 is 0 Å². The van der Waals surface area contributed by atoms with Crippen LogP contribution in [0, 0.1) is 0 Å². The number of primary amides is 1. The van der Waals surface area contributed by atoms with Gasteiger partial charge in [0.2, 0.25) is 0 Å². The normalized spacial score (nSPS) is 10.3. The van der Waals surface area contributed by atoms with Gasteiger partial charge in [-0.25, -0.2) is 0 Å². The molecule has 1 heterocycles. The zero-order valence-corrected chi connectivity index (χ0v) is 14.0. The van der Waals surface area contributed by atoms with E-state index in [2.05, 4.69) is 5.32 Å². The molecule has 0 radical (unpaired) electrons. The molecular weight excluding hydrogens is 332 g/mol. The number of furan rings is 1. The molecule has 0 unspecified atom stereocenters. The Labute approximate surface area is 150 Å². The number of nitrogens with two attached hydrogens (primary N) is 1. The average molecular weight is 350 g/mol. The summed E-state index contributed by atoms with van der Waals surface area (Å²) in [5, 5.41) is 2.79. The summed E-state index contributed by atoms with van der Waals surface area (Å²) in [7, 11) is 0. The summed E-state index contributed by atoms with van der Waals surface area (Å²) >= 11 is 0. The van der Waals surface area contributed by atoms with E-state index in [4.69, 9.17) is 14.9 Å². The van der Waals surface area contributed by atoms with Crippen molar-refractivity contribution < 1.29 is 18.7 Å². The molecule has 0 saturated heterocycles. The minimum absolute atomic E-state index is 0.208. The second-order valence-corrected chi connectivity index (χ2v) is 5.61. The van der Waals surface area contributed by atoms with E-state index < -0.39 is 5.91 Å². The van der Waals surface area contributed by atoms with Gasteiger partial charge in [-0.2, -0.15) is 0 Å². The largest absolute Gasteiger partial charge is 0.488 e. The van der Waals surface area contributed by atoms with Crippen LogP contribution in [-0.2, 0) is 13.2 Å². The molecule has 1 aromatic heterocycles. The second kappa shape index (κ2) is 8.02. The molecule has 2 amide bonds. The molecule has 26 heavy (non-hydrogen) atoms. The van der Waals surface area contributed by atoms with Crippen molar-refractivity contribution in [3.63, 3.8) is 0 Å². The van der Waals surface area contributed by atoms with Crippen molar-refractivity contribution in [3.05, 3.63) is 89.4 Å². The Hall–Kier alpha value is -3.54. The van der Waals surface area contributed by atoms with Gasteiger partial charge in [-0.1, -0.05) is 24.3 Å². The SMILES string of the molecule is NC(=O)c1ccccc1OCc1cccc(C(=O)NCc2ccco2)c1. The molecule has 3 aromatic rings. The van der Waals surface area contributed by atoms with Gasteiger partial charge in [-0.3, -0.25) is 9.59 Å². The molecule has 0 aliphatic carbocycles. The molecule has 3 rings (SSSR count). The Morgan fingerprint density at radius 2 is 1.88 bits per heavy atom. The zero-order chi connectivity index (χ0) is 18.4. The summed E-state index contributed by atoms with van der Waals surface area (Å²) in [4.78, 5) is 23.7. The maximum atomic E-state index is 12.3. The van der Waals surface area contributed by atoms with E-state index in [1.807, 2.05) is 6.07 Å². The molecule has 0 fully saturated rings. The van der Waals surface area contributed by atoms with E-state index in [1.165, 1.54) is 0 Å². The number of rotatable bonds is 7. The van der Waals surface area contributed by atoms with Crippen molar-refractivity contribution >= 4 is 11.8 Å². The molecule has 0 bridgehead atoms. The number of carbonyl (C=O) groups is 2. The predicted molar refractivity (Wildman–Crippen MR) is 95.6 cm³/mol. The smallest absolute Gasteiger partial charge is 0.252 e. The van der Waals surface area contributed by atoms with Gasteiger partial charge < -0.3 is 20.2 Å². The number of amides is 2. The maximum absolute atomic E-state index is 12.3. The molecular formula is C20H18N2O4. The fourth-order valence-corrected chi connectivity index (χ4v) is 2.44. The average Bonchev–Trinajstić information content (AvgIpc) is 3.18. The first kappa shape index (κ1) is 17.3. The van der Waals surface area contributed by atoms with E-state index in [9.17, 15) is 9.59 Å². The first-order chi connectivity index (χ1) is 12.6. The highest BCUT2D eigenvalue weighted by atomic mass is 16.5. The van der Waals surface area contributed by atoms with Crippen molar-refractivity contribution in [2.45, 2.75) is 13.2 Å². The Morgan fingerprint density at radius 1 is 1.04 bits per heavy atom. The van der Waals surface area contributed by atoms with Crippen LogP contribution in [-0.4, -0.2) is 11.8 Å².